The Balaban J connectivity index is 2.09. The highest BCUT2D eigenvalue weighted by molar-refractivity contribution is 7.89. The molecule has 21 heavy (non-hydrogen) atoms. The highest BCUT2D eigenvalue weighted by atomic mass is 32.2. The van der Waals surface area contributed by atoms with Gasteiger partial charge in [0.25, 0.3) is 0 Å². The van der Waals surface area contributed by atoms with Crippen LogP contribution in [0.25, 0.3) is 0 Å². The lowest BCUT2D eigenvalue weighted by Crippen LogP contribution is -2.30. The summed E-state index contributed by atoms with van der Waals surface area (Å²) in [6.45, 7) is 6.26. The molecule has 0 radical (unpaired) electrons. The standard InChI is InChI=1S/C15H24N2O3S/c1-3-16-10-13-4-6-15(7-5-13)21(19,20)17-9-8-14(11-17)12(2)18/h4-7,12,14,16,18H,3,8-11H2,1-2H3. The quantitative estimate of drug-likeness (QED) is 0.828. The minimum atomic E-state index is -3.44. The van der Waals surface area contributed by atoms with Gasteiger partial charge in [0, 0.05) is 19.6 Å². The zero-order chi connectivity index (χ0) is 15.5. The van der Waals surface area contributed by atoms with Gasteiger partial charge in [0.15, 0.2) is 0 Å². The van der Waals surface area contributed by atoms with Gasteiger partial charge in [0.05, 0.1) is 11.0 Å². The molecule has 0 aromatic heterocycles. The van der Waals surface area contributed by atoms with Gasteiger partial charge in [-0.15, -0.1) is 0 Å². The summed E-state index contributed by atoms with van der Waals surface area (Å²) in [7, 11) is -3.44. The molecule has 5 nitrogen and oxygen atoms in total. The zero-order valence-corrected chi connectivity index (χ0v) is 13.4. The van der Waals surface area contributed by atoms with Crippen molar-refractivity contribution in [1.82, 2.24) is 9.62 Å². The number of rotatable bonds is 6. The third-order valence-electron chi connectivity index (χ3n) is 4.01. The van der Waals surface area contributed by atoms with Crippen LogP contribution in [0.3, 0.4) is 0 Å². The molecule has 2 unspecified atom stereocenters. The van der Waals surface area contributed by atoms with Crippen LogP contribution in [0.5, 0.6) is 0 Å². The number of nitrogens with one attached hydrogen (secondary N) is 1. The van der Waals surface area contributed by atoms with Crippen LogP contribution in [0.4, 0.5) is 0 Å². The van der Waals surface area contributed by atoms with Crippen molar-refractivity contribution in [3.05, 3.63) is 29.8 Å². The Kier molecular flexibility index (Phi) is 5.37. The first-order valence-electron chi connectivity index (χ1n) is 7.43. The number of sulfonamides is 1. The number of benzene rings is 1. The predicted molar refractivity (Wildman–Crippen MR) is 82.4 cm³/mol. The van der Waals surface area contributed by atoms with Crippen molar-refractivity contribution < 1.29 is 13.5 Å². The molecule has 118 valence electrons. The number of aliphatic hydroxyl groups is 1. The SMILES string of the molecule is CCNCc1ccc(S(=O)(=O)N2CCC(C(C)O)C2)cc1. The second-order valence-corrected chi connectivity index (χ2v) is 7.51. The van der Waals surface area contributed by atoms with Gasteiger partial charge < -0.3 is 10.4 Å². The van der Waals surface area contributed by atoms with E-state index in [1.54, 1.807) is 19.1 Å². The summed E-state index contributed by atoms with van der Waals surface area (Å²) < 4.78 is 26.6. The molecule has 0 aliphatic carbocycles. The molecular weight excluding hydrogens is 288 g/mol. The molecule has 0 amide bonds. The van der Waals surface area contributed by atoms with Crippen molar-refractivity contribution in [2.45, 2.75) is 37.8 Å². The highest BCUT2D eigenvalue weighted by Crippen LogP contribution is 2.26. The van der Waals surface area contributed by atoms with E-state index < -0.39 is 16.1 Å². The van der Waals surface area contributed by atoms with Gasteiger partial charge in [-0.2, -0.15) is 4.31 Å². The maximum absolute atomic E-state index is 12.6. The first-order chi connectivity index (χ1) is 9.95. The van der Waals surface area contributed by atoms with Crippen LogP contribution < -0.4 is 5.32 Å². The van der Waals surface area contributed by atoms with Gasteiger partial charge in [0.1, 0.15) is 0 Å². The van der Waals surface area contributed by atoms with Crippen LogP contribution in [-0.4, -0.2) is 43.6 Å². The third-order valence-corrected chi connectivity index (χ3v) is 5.89. The van der Waals surface area contributed by atoms with Crippen molar-refractivity contribution in [2.75, 3.05) is 19.6 Å². The smallest absolute Gasteiger partial charge is 0.243 e. The van der Waals surface area contributed by atoms with Crippen molar-refractivity contribution in [1.29, 1.82) is 0 Å². The molecule has 1 aromatic carbocycles. The second-order valence-electron chi connectivity index (χ2n) is 5.58. The second kappa shape index (κ2) is 6.87. The van der Waals surface area contributed by atoms with Crippen LogP contribution >= 0.6 is 0 Å². The fourth-order valence-corrected chi connectivity index (χ4v) is 4.08. The van der Waals surface area contributed by atoms with E-state index >= 15 is 0 Å². The van der Waals surface area contributed by atoms with E-state index in [0.717, 1.165) is 25.1 Å². The molecule has 1 saturated heterocycles. The summed E-state index contributed by atoms with van der Waals surface area (Å²) >= 11 is 0. The Bertz CT molecular complexity index is 555. The highest BCUT2D eigenvalue weighted by Gasteiger charge is 2.34. The lowest BCUT2D eigenvalue weighted by molar-refractivity contribution is 0.133. The fraction of sp³-hybridized carbons (Fsp3) is 0.600. The normalized spacial score (nSPS) is 21.6. The molecule has 6 heteroatoms. The Morgan fingerprint density at radius 2 is 2.05 bits per heavy atom. The first-order valence-corrected chi connectivity index (χ1v) is 8.87. The number of hydrogen-bond acceptors (Lipinski definition) is 4. The summed E-state index contributed by atoms with van der Waals surface area (Å²) in [5.74, 6) is 0.0350. The van der Waals surface area contributed by atoms with Crippen LogP contribution in [0.15, 0.2) is 29.2 Å². The monoisotopic (exact) mass is 312 g/mol. The summed E-state index contributed by atoms with van der Waals surface area (Å²) in [5, 5.41) is 12.8. The molecule has 0 bridgehead atoms. The summed E-state index contributed by atoms with van der Waals surface area (Å²) in [4.78, 5) is 0.328. The average Bonchev–Trinajstić information content (AvgIpc) is 2.96. The van der Waals surface area contributed by atoms with Crippen molar-refractivity contribution in [2.24, 2.45) is 5.92 Å². The summed E-state index contributed by atoms with van der Waals surface area (Å²) in [5.41, 5.74) is 1.07. The lowest BCUT2D eigenvalue weighted by atomic mass is 10.0. The van der Waals surface area contributed by atoms with E-state index in [4.69, 9.17) is 0 Å². The van der Waals surface area contributed by atoms with Gasteiger partial charge in [-0.3, -0.25) is 0 Å². The first kappa shape index (κ1) is 16.4. The minimum Gasteiger partial charge on any atom is -0.393 e. The van der Waals surface area contributed by atoms with Crippen molar-refractivity contribution >= 4 is 10.0 Å². The van der Waals surface area contributed by atoms with E-state index in [-0.39, 0.29) is 5.92 Å². The summed E-state index contributed by atoms with van der Waals surface area (Å²) in [6, 6.07) is 7.02. The molecule has 2 N–H and O–H groups in total. The van der Waals surface area contributed by atoms with Gasteiger partial charge in [-0.1, -0.05) is 19.1 Å². The van der Waals surface area contributed by atoms with E-state index in [0.29, 0.717) is 18.0 Å². The third kappa shape index (κ3) is 3.83. The summed E-state index contributed by atoms with van der Waals surface area (Å²) in [6.07, 6.45) is 0.253. The van der Waals surface area contributed by atoms with Gasteiger partial charge in [-0.25, -0.2) is 8.42 Å². The number of hydrogen-bond donors (Lipinski definition) is 2. The van der Waals surface area contributed by atoms with E-state index in [9.17, 15) is 13.5 Å². The van der Waals surface area contributed by atoms with E-state index in [1.807, 2.05) is 19.1 Å². The molecule has 1 aliphatic rings. The van der Waals surface area contributed by atoms with Crippen LogP contribution in [-0.2, 0) is 16.6 Å². The predicted octanol–water partition coefficient (Wildman–Crippen LogP) is 1.19. The molecule has 2 atom stereocenters. The van der Waals surface area contributed by atoms with Crippen LogP contribution in [0.2, 0.25) is 0 Å². The topological polar surface area (TPSA) is 69.6 Å². The Morgan fingerprint density at radius 3 is 2.57 bits per heavy atom. The molecular formula is C15H24N2O3S. The van der Waals surface area contributed by atoms with Crippen LogP contribution in [0, 0.1) is 5.92 Å². The molecule has 1 aliphatic heterocycles. The largest absolute Gasteiger partial charge is 0.393 e. The maximum atomic E-state index is 12.6. The van der Waals surface area contributed by atoms with Gasteiger partial charge in [0.2, 0.25) is 10.0 Å². The van der Waals surface area contributed by atoms with Crippen molar-refractivity contribution in [3.8, 4) is 0 Å². The molecule has 0 saturated carbocycles. The molecule has 1 heterocycles. The number of aliphatic hydroxyl groups excluding tert-OH is 1. The Labute approximate surface area is 127 Å². The fourth-order valence-electron chi connectivity index (χ4n) is 2.56. The minimum absolute atomic E-state index is 0.0350. The zero-order valence-electron chi connectivity index (χ0n) is 12.6. The molecule has 1 aromatic rings. The molecule has 2 rings (SSSR count). The van der Waals surface area contributed by atoms with Gasteiger partial charge >= 0.3 is 0 Å². The van der Waals surface area contributed by atoms with E-state index in [2.05, 4.69) is 5.32 Å². The van der Waals surface area contributed by atoms with Crippen LogP contribution in [0.1, 0.15) is 25.8 Å². The average molecular weight is 312 g/mol. The number of nitrogens with zero attached hydrogens (tertiary/aromatic N) is 1. The molecule has 0 spiro atoms. The van der Waals surface area contributed by atoms with Crippen molar-refractivity contribution in [3.63, 3.8) is 0 Å². The Hall–Kier alpha value is -0.950. The van der Waals surface area contributed by atoms with Gasteiger partial charge in [-0.05, 0) is 43.5 Å². The Morgan fingerprint density at radius 1 is 1.38 bits per heavy atom. The molecule has 1 fully saturated rings. The maximum Gasteiger partial charge on any atom is 0.243 e. The van der Waals surface area contributed by atoms with E-state index in [1.165, 1.54) is 4.31 Å². The lowest BCUT2D eigenvalue weighted by Gasteiger charge is -2.18.